The molecule has 2 atom stereocenters. The lowest BCUT2D eigenvalue weighted by Gasteiger charge is -2.22. The number of rotatable bonds is 6. The monoisotopic (exact) mass is 307 g/mol. The Hall–Kier alpha value is 0.0700. The Morgan fingerprint density at radius 1 is 1.33 bits per heavy atom. The Bertz CT molecular complexity index is 387. The van der Waals surface area contributed by atoms with Gasteiger partial charge in [0.1, 0.15) is 5.44 Å². The maximum absolute atomic E-state index is 10.0. The van der Waals surface area contributed by atoms with Gasteiger partial charge in [0.25, 0.3) is 0 Å². The van der Waals surface area contributed by atoms with Crippen molar-refractivity contribution in [3.8, 4) is 0 Å². The third kappa shape index (κ3) is 5.37. The molecule has 1 aromatic carbocycles. The number of hydrogen-bond acceptors (Lipinski definition) is 3. The van der Waals surface area contributed by atoms with E-state index in [1.165, 1.54) is 11.8 Å². The SMILES string of the molecule is CC(CN(C)C)C(O)SCc1ccc(Cl)cc1Cl. The van der Waals surface area contributed by atoms with Gasteiger partial charge in [0, 0.05) is 28.3 Å². The van der Waals surface area contributed by atoms with E-state index < -0.39 is 0 Å². The molecule has 5 heteroatoms. The standard InChI is InChI=1S/C13H19Cl2NOS/c1-9(7-16(2)3)13(17)18-8-10-4-5-11(14)6-12(10)15/h4-6,9,13,17H,7-8H2,1-3H3. The van der Waals surface area contributed by atoms with E-state index >= 15 is 0 Å². The van der Waals surface area contributed by atoms with Crippen LogP contribution in [0.15, 0.2) is 18.2 Å². The largest absolute Gasteiger partial charge is 0.382 e. The van der Waals surface area contributed by atoms with Gasteiger partial charge in [-0.15, -0.1) is 11.8 Å². The van der Waals surface area contributed by atoms with Gasteiger partial charge < -0.3 is 10.0 Å². The highest BCUT2D eigenvalue weighted by molar-refractivity contribution is 7.98. The predicted molar refractivity (Wildman–Crippen MR) is 81.5 cm³/mol. The summed E-state index contributed by atoms with van der Waals surface area (Å²) in [4.78, 5) is 2.07. The number of hydrogen-bond donors (Lipinski definition) is 1. The summed E-state index contributed by atoms with van der Waals surface area (Å²) < 4.78 is 0. The minimum atomic E-state index is -0.390. The van der Waals surface area contributed by atoms with Crippen LogP contribution in [0.5, 0.6) is 0 Å². The number of aliphatic hydroxyl groups excluding tert-OH is 1. The topological polar surface area (TPSA) is 23.5 Å². The fraction of sp³-hybridized carbons (Fsp3) is 0.538. The van der Waals surface area contributed by atoms with Crippen molar-refractivity contribution in [2.24, 2.45) is 5.92 Å². The van der Waals surface area contributed by atoms with Gasteiger partial charge in [0.2, 0.25) is 0 Å². The molecule has 1 N–H and O–H groups in total. The molecule has 0 saturated carbocycles. The number of thioether (sulfide) groups is 1. The molecule has 0 aliphatic heterocycles. The van der Waals surface area contributed by atoms with Gasteiger partial charge in [-0.25, -0.2) is 0 Å². The van der Waals surface area contributed by atoms with Crippen LogP contribution in [0, 0.1) is 5.92 Å². The quantitative estimate of drug-likeness (QED) is 0.810. The van der Waals surface area contributed by atoms with Gasteiger partial charge in [0.15, 0.2) is 0 Å². The zero-order valence-electron chi connectivity index (χ0n) is 10.9. The molecule has 0 aliphatic carbocycles. The summed E-state index contributed by atoms with van der Waals surface area (Å²) in [7, 11) is 4.01. The lowest BCUT2D eigenvalue weighted by Crippen LogP contribution is -2.27. The van der Waals surface area contributed by atoms with Crippen LogP contribution in [0.2, 0.25) is 10.0 Å². The van der Waals surface area contributed by atoms with Crippen molar-refractivity contribution in [1.82, 2.24) is 4.90 Å². The molecule has 0 spiro atoms. The summed E-state index contributed by atoms with van der Waals surface area (Å²) in [6.07, 6.45) is 0. The minimum absolute atomic E-state index is 0.219. The van der Waals surface area contributed by atoms with Crippen LogP contribution < -0.4 is 0 Å². The highest BCUT2D eigenvalue weighted by Gasteiger charge is 2.16. The second-order valence-corrected chi connectivity index (χ2v) is 6.63. The first kappa shape index (κ1) is 16.1. The van der Waals surface area contributed by atoms with Crippen LogP contribution in [0.3, 0.4) is 0 Å². The van der Waals surface area contributed by atoms with E-state index in [4.69, 9.17) is 23.2 Å². The molecule has 1 aromatic rings. The van der Waals surface area contributed by atoms with Crippen LogP contribution in [0.1, 0.15) is 12.5 Å². The Labute approximate surface area is 123 Å². The van der Waals surface area contributed by atoms with E-state index in [0.717, 1.165) is 12.1 Å². The molecule has 0 bridgehead atoms. The maximum atomic E-state index is 10.0. The van der Waals surface area contributed by atoms with E-state index in [1.54, 1.807) is 6.07 Å². The van der Waals surface area contributed by atoms with Gasteiger partial charge in [-0.05, 0) is 31.8 Å². The zero-order valence-corrected chi connectivity index (χ0v) is 13.2. The minimum Gasteiger partial charge on any atom is -0.382 e. The summed E-state index contributed by atoms with van der Waals surface area (Å²) in [6, 6.07) is 5.45. The molecule has 0 aromatic heterocycles. The third-order valence-electron chi connectivity index (χ3n) is 2.56. The molecule has 0 fully saturated rings. The normalized spacial score (nSPS) is 14.8. The van der Waals surface area contributed by atoms with Crippen LogP contribution in [-0.2, 0) is 5.75 Å². The van der Waals surface area contributed by atoms with Crippen molar-refractivity contribution in [2.45, 2.75) is 18.1 Å². The Kier molecular flexibility index (Phi) is 6.82. The Morgan fingerprint density at radius 3 is 2.56 bits per heavy atom. The summed E-state index contributed by atoms with van der Waals surface area (Å²) in [5, 5.41) is 11.3. The molecular formula is C13H19Cl2NOS. The lowest BCUT2D eigenvalue weighted by molar-refractivity contribution is 0.174. The van der Waals surface area contributed by atoms with E-state index in [1.807, 2.05) is 33.2 Å². The average Bonchev–Trinajstić information content (AvgIpc) is 2.26. The number of halogens is 2. The predicted octanol–water partition coefficient (Wildman–Crippen LogP) is 3.74. The molecule has 0 saturated heterocycles. The molecule has 0 radical (unpaired) electrons. The summed E-state index contributed by atoms with van der Waals surface area (Å²) >= 11 is 13.4. The van der Waals surface area contributed by atoms with E-state index in [-0.39, 0.29) is 11.4 Å². The van der Waals surface area contributed by atoms with Crippen molar-refractivity contribution in [1.29, 1.82) is 0 Å². The number of nitrogens with zero attached hydrogens (tertiary/aromatic N) is 1. The first-order valence-electron chi connectivity index (χ1n) is 5.78. The fourth-order valence-corrected chi connectivity index (χ4v) is 3.22. The highest BCUT2D eigenvalue weighted by atomic mass is 35.5. The summed E-state index contributed by atoms with van der Waals surface area (Å²) in [5.41, 5.74) is 0.612. The summed E-state index contributed by atoms with van der Waals surface area (Å²) in [6.45, 7) is 2.91. The molecule has 0 heterocycles. The van der Waals surface area contributed by atoms with Crippen LogP contribution in [0.4, 0.5) is 0 Å². The van der Waals surface area contributed by atoms with E-state index in [9.17, 15) is 5.11 Å². The first-order valence-corrected chi connectivity index (χ1v) is 7.59. The smallest absolute Gasteiger partial charge is 0.103 e. The molecule has 18 heavy (non-hydrogen) atoms. The lowest BCUT2D eigenvalue weighted by atomic mass is 10.2. The number of aliphatic hydroxyl groups is 1. The zero-order chi connectivity index (χ0) is 13.7. The molecule has 102 valence electrons. The second-order valence-electron chi connectivity index (χ2n) is 4.68. The Morgan fingerprint density at radius 2 is 2.00 bits per heavy atom. The van der Waals surface area contributed by atoms with Gasteiger partial charge in [0.05, 0.1) is 0 Å². The summed E-state index contributed by atoms with van der Waals surface area (Å²) in [5.74, 6) is 0.908. The molecule has 2 unspecified atom stereocenters. The fourth-order valence-electron chi connectivity index (χ4n) is 1.64. The van der Waals surface area contributed by atoms with Crippen molar-refractivity contribution in [2.75, 3.05) is 20.6 Å². The second kappa shape index (κ2) is 7.61. The van der Waals surface area contributed by atoms with Crippen molar-refractivity contribution in [3.05, 3.63) is 33.8 Å². The van der Waals surface area contributed by atoms with Gasteiger partial charge in [-0.2, -0.15) is 0 Å². The van der Waals surface area contributed by atoms with Crippen molar-refractivity contribution < 1.29 is 5.11 Å². The van der Waals surface area contributed by atoms with Crippen LogP contribution in [-0.4, -0.2) is 36.1 Å². The van der Waals surface area contributed by atoms with Crippen LogP contribution in [0.25, 0.3) is 0 Å². The maximum Gasteiger partial charge on any atom is 0.103 e. The van der Waals surface area contributed by atoms with Gasteiger partial charge >= 0.3 is 0 Å². The third-order valence-corrected chi connectivity index (χ3v) is 4.44. The number of benzene rings is 1. The molecular weight excluding hydrogens is 289 g/mol. The highest BCUT2D eigenvalue weighted by Crippen LogP contribution is 2.28. The van der Waals surface area contributed by atoms with Crippen molar-refractivity contribution in [3.63, 3.8) is 0 Å². The van der Waals surface area contributed by atoms with Crippen LogP contribution >= 0.6 is 35.0 Å². The van der Waals surface area contributed by atoms with E-state index in [2.05, 4.69) is 4.90 Å². The van der Waals surface area contributed by atoms with E-state index in [0.29, 0.717) is 15.8 Å². The molecule has 2 nitrogen and oxygen atoms in total. The molecule has 1 rings (SSSR count). The molecule has 0 amide bonds. The molecule has 0 aliphatic rings. The first-order chi connectivity index (χ1) is 8.40. The Balaban J connectivity index is 2.49. The van der Waals surface area contributed by atoms with Crippen molar-refractivity contribution >= 4 is 35.0 Å². The van der Waals surface area contributed by atoms with Gasteiger partial charge in [-0.3, -0.25) is 0 Å². The van der Waals surface area contributed by atoms with Gasteiger partial charge in [-0.1, -0.05) is 36.2 Å². The average molecular weight is 308 g/mol.